The fraction of sp³-hybridized carbons (Fsp3) is 0.333. The second kappa shape index (κ2) is 7.74. The number of para-hydroxylation sites is 1. The van der Waals surface area contributed by atoms with Crippen LogP contribution in [0.5, 0.6) is 0 Å². The molecule has 1 fully saturated rings. The molecule has 0 radical (unpaired) electrons. The van der Waals surface area contributed by atoms with E-state index in [-0.39, 0.29) is 12.5 Å². The van der Waals surface area contributed by atoms with Crippen molar-refractivity contribution in [2.24, 2.45) is 0 Å². The van der Waals surface area contributed by atoms with Crippen molar-refractivity contribution in [2.45, 2.75) is 19.8 Å². The van der Waals surface area contributed by atoms with E-state index >= 15 is 0 Å². The summed E-state index contributed by atoms with van der Waals surface area (Å²) in [6, 6.07) is 6.73. The number of carbonyl (C=O) groups is 2. The first-order chi connectivity index (χ1) is 12.2. The van der Waals surface area contributed by atoms with Gasteiger partial charge >= 0.3 is 5.97 Å². The Labute approximate surface area is 146 Å². The standard InChI is InChI=1S/C18H20N4O3/c1-2-25-17(24)14-7-3-4-8-15(14)21-16(23)13-11-19-18(20-12-13)22-9-5-6-10-22/h3-4,7-8,11-12H,2,5-6,9-10H2,1H3,(H,21,23). The van der Waals surface area contributed by atoms with Gasteiger partial charge in [-0.05, 0) is 31.9 Å². The fourth-order valence-electron chi connectivity index (χ4n) is 2.69. The maximum Gasteiger partial charge on any atom is 0.340 e. The van der Waals surface area contributed by atoms with Gasteiger partial charge in [-0.2, -0.15) is 0 Å². The molecule has 2 heterocycles. The second-order valence-corrected chi connectivity index (χ2v) is 5.69. The number of nitrogens with one attached hydrogen (secondary N) is 1. The van der Waals surface area contributed by atoms with Gasteiger partial charge in [0.25, 0.3) is 5.91 Å². The van der Waals surface area contributed by atoms with Crippen molar-refractivity contribution in [3.8, 4) is 0 Å². The molecule has 3 rings (SSSR count). The van der Waals surface area contributed by atoms with Crippen molar-refractivity contribution in [2.75, 3.05) is 29.9 Å². The normalized spacial score (nSPS) is 13.6. The smallest absolute Gasteiger partial charge is 0.340 e. The number of aromatic nitrogens is 2. The minimum absolute atomic E-state index is 0.271. The van der Waals surface area contributed by atoms with Crippen LogP contribution in [0.2, 0.25) is 0 Å². The zero-order chi connectivity index (χ0) is 17.6. The average molecular weight is 340 g/mol. The van der Waals surface area contributed by atoms with Crippen LogP contribution in [0.3, 0.4) is 0 Å². The molecule has 0 atom stereocenters. The Balaban J connectivity index is 1.73. The molecule has 0 saturated carbocycles. The third-order valence-electron chi connectivity index (χ3n) is 3.96. The Morgan fingerprint density at radius 2 is 1.84 bits per heavy atom. The summed E-state index contributed by atoms with van der Waals surface area (Å²) in [6.45, 7) is 3.89. The summed E-state index contributed by atoms with van der Waals surface area (Å²) in [5.74, 6) is -0.204. The largest absolute Gasteiger partial charge is 0.462 e. The Bertz CT molecular complexity index is 755. The Morgan fingerprint density at radius 3 is 2.52 bits per heavy atom. The third-order valence-corrected chi connectivity index (χ3v) is 3.96. The summed E-state index contributed by atoms with van der Waals surface area (Å²) in [6.07, 6.45) is 5.28. The second-order valence-electron chi connectivity index (χ2n) is 5.69. The Morgan fingerprint density at radius 1 is 1.16 bits per heavy atom. The lowest BCUT2D eigenvalue weighted by atomic mass is 10.1. The molecule has 0 spiro atoms. The monoisotopic (exact) mass is 340 g/mol. The minimum Gasteiger partial charge on any atom is -0.462 e. The van der Waals surface area contributed by atoms with Crippen LogP contribution in [0, 0.1) is 0 Å². The molecule has 1 aliphatic heterocycles. The number of anilines is 2. The number of carbonyl (C=O) groups excluding carboxylic acids is 2. The first-order valence-electron chi connectivity index (χ1n) is 8.33. The van der Waals surface area contributed by atoms with E-state index < -0.39 is 5.97 Å². The summed E-state index contributed by atoms with van der Waals surface area (Å²) in [5.41, 5.74) is 1.04. The first kappa shape index (κ1) is 16.9. The average Bonchev–Trinajstić information content (AvgIpc) is 3.17. The summed E-state index contributed by atoms with van der Waals surface area (Å²) in [7, 11) is 0. The van der Waals surface area contributed by atoms with Gasteiger partial charge in [0, 0.05) is 25.5 Å². The van der Waals surface area contributed by atoms with Gasteiger partial charge in [0.05, 0.1) is 23.4 Å². The highest BCUT2D eigenvalue weighted by atomic mass is 16.5. The van der Waals surface area contributed by atoms with Crippen molar-refractivity contribution in [3.05, 3.63) is 47.8 Å². The maximum atomic E-state index is 12.4. The molecule has 7 nitrogen and oxygen atoms in total. The van der Waals surface area contributed by atoms with Gasteiger partial charge in [-0.15, -0.1) is 0 Å². The maximum absolute atomic E-state index is 12.4. The molecule has 1 saturated heterocycles. The van der Waals surface area contributed by atoms with Gasteiger partial charge in [0.1, 0.15) is 0 Å². The number of esters is 1. The molecule has 2 aromatic rings. The fourth-order valence-corrected chi connectivity index (χ4v) is 2.69. The molecule has 1 aromatic carbocycles. The number of nitrogens with zero attached hydrogens (tertiary/aromatic N) is 3. The van der Waals surface area contributed by atoms with Gasteiger partial charge in [0.2, 0.25) is 5.95 Å². The first-order valence-corrected chi connectivity index (χ1v) is 8.33. The Kier molecular flexibility index (Phi) is 5.23. The number of rotatable bonds is 5. The highest BCUT2D eigenvalue weighted by molar-refractivity contribution is 6.07. The molecular weight excluding hydrogens is 320 g/mol. The van der Waals surface area contributed by atoms with Crippen LogP contribution < -0.4 is 10.2 Å². The number of benzene rings is 1. The number of ether oxygens (including phenoxy) is 1. The van der Waals surface area contributed by atoms with Gasteiger partial charge in [-0.3, -0.25) is 4.79 Å². The van der Waals surface area contributed by atoms with Crippen LogP contribution in [0.15, 0.2) is 36.7 Å². The van der Waals surface area contributed by atoms with Crippen molar-refractivity contribution in [1.29, 1.82) is 0 Å². The predicted molar refractivity (Wildman–Crippen MR) is 93.8 cm³/mol. The van der Waals surface area contributed by atoms with E-state index in [2.05, 4.69) is 20.2 Å². The van der Waals surface area contributed by atoms with Crippen LogP contribution in [0.25, 0.3) is 0 Å². The van der Waals surface area contributed by atoms with E-state index in [9.17, 15) is 9.59 Å². The number of hydrogen-bond acceptors (Lipinski definition) is 6. The lowest BCUT2D eigenvalue weighted by Crippen LogP contribution is -2.21. The molecule has 0 bridgehead atoms. The zero-order valence-electron chi connectivity index (χ0n) is 14.1. The van der Waals surface area contributed by atoms with E-state index in [0.29, 0.717) is 22.8 Å². The lowest BCUT2D eigenvalue weighted by Gasteiger charge is -2.14. The van der Waals surface area contributed by atoms with Crippen molar-refractivity contribution in [1.82, 2.24) is 9.97 Å². The van der Waals surface area contributed by atoms with Crippen LogP contribution in [-0.2, 0) is 4.74 Å². The SMILES string of the molecule is CCOC(=O)c1ccccc1NC(=O)c1cnc(N2CCCC2)nc1. The lowest BCUT2D eigenvalue weighted by molar-refractivity contribution is 0.0527. The molecule has 25 heavy (non-hydrogen) atoms. The summed E-state index contributed by atoms with van der Waals surface area (Å²) in [5, 5.41) is 2.72. The summed E-state index contributed by atoms with van der Waals surface area (Å²) in [4.78, 5) is 35.0. The van der Waals surface area contributed by atoms with Crippen molar-refractivity contribution in [3.63, 3.8) is 0 Å². The van der Waals surface area contributed by atoms with Crippen molar-refractivity contribution < 1.29 is 14.3 Å². The molecule has 0 unspecified atom stereocenters. The molecular formula is C18H20N4O3. The third kappa shape index (κ3) is 3.93. The van der Waals surface area contributed by atoms with E-state index in [1.54, 1.807) is 31.2 Å². The Hall–Kier alpha value is -2.96. The van der Waals surface area contributed by atoms with Gasteiger partial charge in [-0.1, -0.05) is 12.1 Å². The quantitative estimate of drug-likeness (QED) is 0.842. The highest BCUT2D eigenvalue weighted by Crippen LogP contribution is 2.18. The summed E-state index contributed by atoms with van der Waals surface area (Å²) >= 11 is 0. The van der Waals surface area contributed by atoms with E-state index in [0.717, 1.165) is 25.9 Å². The highest BCUT2D eigenvalue weighted by Gasteiger charge is 2.17. The van der Waals surface area contributed by atoms with Gasteiger partial charge < -0.3 is 15.0 Å². The van der Waals surface area contributed by atoms with Crippen LogP contribution >= 0.6 is 0 Å². The van der Waals surface area contributed by atoms with Crippen LogP contribution in [0.4, 0.5) is 11.6 Å². The zero-order valence-corrected chi connectivity index (χ0v) is 14.1. The summed E-state index contributed by atoms with van der Waals surface area (Å²) < 4.78 is 5.01. The van der Waals surface area contributed by atoms with Gasteiger partial charge in [-0.25, -0.2) is 14.8 Å². The number of hydrogen-bond donors (Lipinski definition) is 1. The molecule has 1 aliphatic rings. The molecule has 1 aromatic heterocycles. The topological polar surface area (TPSA) is 84.4 Å². The minimum atomic E-state index is -0.473. The predicted octanol–water partition coefficient (Wildman–Crippen LogP) is 2.51. The van der Waals surface area contributed by atoms with E-state index in [1.807, 2.05) is 0 Å². The van der Waals surface area contributed by atoms with E-state index in [4.69, 9.17) is 4.74 Å². The van der Waals surface area contributed by atoms with Crippen LogP contribution in [-0.4, -0.2) is 41.5 Å². The van der Waals surface area contributed by atoms with E-state index in [1.165, 1.54) is 12.4 Å². The van der Waals surface area contributed by atoms with Crippen molar-refractivity contribution >= 4 is 23.5 Å². The number of amides is 1. The molecule has 0 aliphatic carbocycles. The van der Waals surface area contributed by atoms with Crippen LogP contribution in [0.1, 0.15) is 40.5 Å². The van der Waals surface area contributed by atoms with Gasteiger partial charge in [0.15, 0.2) is 0 Å². The molecule has 130 valence electrons. The molecule has 7 heteroatoms. The molecule has 1 N–H and O–H groups in total. The molecule has 1 amide bonds.